The van der Waals surface area contributed by atoms with Crippen LogP contribution in [-0.4, -0.2) is 52.1 Å². The van der Waals surface area contributed by atoms with Gasteiger partial charge < -0.3 is 9.32 Å². The lowest BCUT2D eigenvalue weighted by Crippen LogP contribution is -2.40. The number of H-pyrrole nitrogens is 1. The third kappa shape index (κ3) is 4.51. The van der Waals surface area contributed by atoms with Crippen LogP contribution in [0.3, 0.4) is 0 Å². The number of aromatic amines is 1. The van der Waals surface area contributed by atoms with Gasteiger partial charge in [0.05, 0.1) is 12.7 Å². The minimum atomic E-state index is 0.239. The normalized spacial score (nSPS) is 15.6. The number of aromatic nitrogens is 2. The van der Waals surface area contributed by atoms with Crippen LogP contribution in [0, 0.1) is 6.92 Å². The maximum Gasteiger partial charge on any atom is 0.236 e. The van der Waals surface area contributed by atoms with E-state index in [2.05, 4.69) is 22.0 Å². The van der Waals surface area contributed by atoms with Gasteiger partial charge in [0.15, 0.2) is 5.76 Å². The maximum atomic E-state index is 12.6. The Balaban J connectivity index is 1.64. The van der Waals surface area contributed by atoms with E-state index in [0.29, 0.717) is 13.1 Å². The lowest BCUT2D eigenvalue weighted by atomic mass is 10.2. The first-order valence-corrected chi connectivity index (χ1v) is 9.26. The van der Waals surface area contributed by atoms with Crippen molar-refractivity contribution in [1.82, 2.24) is 20.0 Å². The van der Waals surface area contributed by atoms with E-state index in [1.807, 2.05) is 30.2 Å². The van der Waals surface area contributed by atoms with Gasteiger partial charge in [-0.2, -0.15) is 5.10 Å². The molecule has 1 amide bonds. The molecule has 6 heteroatoms. The Kier molecular flexibility index (Phi) is 5.91. The minimum absolute atomic E-state index is 0.239. The Morgan fingerprint density at radius 3 is 2.68 bits per heavy atom. The zero-order valence-electron chi connectivity index (χ0n) is 15.3. The molecule has 0 radical (unpaired) electrons. The molecular formula is C19H28N4O2. The largest absolute Gasteiger partial charge is 0.460 e. The Bertz CT molecular complexity index is 683. The summed E-state index contributed by atoms with van der Waals surface area (Å²) < 4.78 is 5.71. The summed E-state index contributed by atoms with van der Waals surface area (Å²) in [5, 5.41) is 7.19. The second kappa shape index (κ2) is 8.34. The number of carbonyl (C=O) groups excluding carboxylic acids is 1. The number of amides is 1. The predicted octanol–water partition coefficient (Wildman–Crippen LogP) is 3.20. The molecule has 0 saturated carbocycles. The lowest BCUT2D eigenvalue weighted by molar-refractivity contribution is -0.132. The van der Waals surface area contributed by atoms with E-state index in [-0.39, 0.29) is 5.91 Å². The van der Waals surface area contributed by atoms with Gasteiger partial charge in [-0.1, -0.05) is 19.8 Å². The van der Waals surface area contributed by atoms with Gasteiger partial charge in [-0.05, 0) is 38.4 Å². The third-order valence-electron chi connectivity index (χ3n) is 4.86. The van der Waals surface area contributed by atoms with Crippen molar-refractivity contribution in [2.45, 2.75) is 46.1 Å². The van der Waals surface area contributed by atoms with E-state index in [1.165, 1.54) is 12.8 Å². The van der Waals surface area contributed by atoms with E-state index in [1.54, 1.807) is 0 Å². The van der Waals surface area contributed by atoms with Crippen molar-refractivity contribution in [2.75, 3.05) is 26.2 Å². The van der Waals surface area contributed by atoms with Gasteiger partial charge in [0.2, 0.25) is 5.91 Å². The summed E-state index contributed by atoms with van der Waals surface area (Å²) in [7, 11) is 0. The van der Waals surface area contributed by atoms with Crippen molar-refractivity contribution in [3.63, 3.8) is 0 Å². The van der Waals surface area contributed by atoms with E-state index in [0.717, 1.165) is 55.3 Å². The fraction of sp³-hybridized carbons (Fsp3) is 0.579. The number of nitrogens with one attached hydrogen (secondary N) is 1. The van der Waals surface area contributed by atoms with Gasteiger partial charge in [0.25, 0.3) is 0 Å². The number of furan rings is 1. The number of aryl methyl sites for hydroxylation is 1. The molecule has 1 aliphatic heterocycles. The molecule has 0 unspecified atom stereocenters. The summed E-state index contributed by atoms with van der Waals surface area (Å²) >= 11 is 0. The van der Waals surface area contributed by atoms with Crippen molar-refractivity contribution in [3.8, 4) is 11.5 Å². The highest BCUT2D eigenvalue weighted by molar-refractivity contribution is 5.78. The van der Waals surface area contributed by atoms with Crippen molar-refractivity contribution in [2.24, 2.45) is 0 Å². The Hall–Kier alpha value is -2.08. The number of hydrogen-bond acceptors (Lipinski definition) is 4. The summed E-state index contributed by atoms with van der Waals surface area (Å²) in [6.07, 6.45) is 6.56. The van der Waals surface area contributed by atoms with E-state index in [4.69, 9.17) is 4.42 Å². The van der Waals surface area contributed by atoms with E-state index < -0.39 is 0 Å². The van der Waals surface area contributed by atoms with Gasteiger partial charge in [0, 0.05) is 25.2 Å². The number of likely N-dealkylation sites (tertiary alicyclic amines) is 1. The molecule has 6 nitrogen and oxygen atoms in total. The fourth-order valence-corrected chi connectivity index (χ4v) is 3.34. The predicted molar refractivity (Wildman–Crippen MR) is 97.0 cm³/mol. The summed E-state index contributed by atoms with van der Waals surface area (Å²) in [4.78, 5) is 16.8. The molecule has 136 valence electrons. The second-order valence-electron chi connectivity index (χ2n) is 6.78. The van der Waals surface area contributed by atoms with Crippen LogP contribution in [0.4, 0.5) is 0 Å². The number of rotatable bonds is 6. The van der Waals surface area contributed by atoms with E-state index in [9.17, 15) is 4.79 Å². The van der Waals surface area contributed by atoms with Crippen LogP contribution >= 0.6 is 0 Å². The quantitative estimate of drug-likeness (QED) is 0.874. The number of likely N-dealkylation sites (N-methyl/N-ethyl adjacent to an activating group) is 1. The van der Waals surface area contributed by atoms with Crippen molar-refractivity contribution < 1.29 is 9.21 Å². The topological polar surface area (TPSA) is 65.4 Å². The summed E-state index contributed by atoms with van der Waals surface area (Å²) in [5.74, 6) is 1.90. The SMILES string of the molecule is CCN(CC(=O)N1CCCCCC1)Cc1cn[nH]c1-c1ccc(C)o1. The average molecular weight is 344 g/mol. The fourth-order valence-electron chi connectivity index (χ4n) is 3.34. The molecule has 0 spiro atoms. The van der Waals surface area contributed by atoms with Crippen molar-refractivity contribution in [1.29, 1.82) is 0 Å². The number of nitrogens with zero attached hydrogens (tertiary/aromatic N) is 3. The number of carbonyl (C=O) groups is 1. The highest BCUT2D eigenvalue weighted by Crippen LogP contribution is 2.24. The average Bonchev–Trinajstić information content (AvgIpc) is 3.14. The molecule has 0 aliphatic carbocycles. The van der Waals surface area contributed by atoms with Crippen LogP contribution < -0.4 is 0 Å². The standard InChI is InChI=1S/C19H28N4O2/c1-3-22(14-18(24)23-10-6-4-5-7-11-23)13-16-12-20-21-19(16)17-9-8-15(2)25-17/h8-9,12H,3-7,10-11,13-14H2,1-2H3,(H,20,21). The Labute approximate surface area is 149 Å². The highest BCUT2D eigenvalue weighted by atomic mass is 16.3. The zero-order chi connectivity index (χ0) is 17.6. The summed E-state index contributed by atoms with van der Waals surface area (Å²) in [6, 6.07) is 3.89. The molecule has 1 fully saturated rings. The minimum Gasteiger partial charge on any atom is -0.460 e. The summed E-state index contributed by atoms with van der Waals surface area (Å²) in [6.45, 7) is 7.78. The van der Waals surface area contributed by atoms with Gasteiger partial charge in [-0.25, -0.2) is 0 Å². The smallest absolute Gasteiger partial charge is 0.236 e. The van der Waals surface area contributed by atoms with Gasteiger partial charge in [-0.15, -0.1) is 0 Å². The number of hydrogen-bond donors (Lipinski definition) is 1. The first kappa shape index (κ1) is 17.7. The van der Waals surface area contributed by atoms with Gasteiger partial charge in [-0.3, -0.25) is 14.8 Å². The second-order valence-corrected chi connectivity index (χ2v) is 6.78. The van der Waals surface area contributed by atoms with Crippen LogP contribution in [0.1, 0.15) is 43.9 Å². The van der Waals surface area contributed by atoms with E-state index >= 15 is 0 Å². The first-order chi connectivity index (χ1) is 12.2. The van der Waals surface area contributed by atoms with Crippen LogP contribution in [0.2, 0.25) is 0 Å². The molecule has 0 atom stereocenters. The molecule has 1 aliphatic rings. The Morgan fingerprint density at radius 1 is 1.28 bits per heavy atom. The molecule has 0 bridgehead atoms. The molecule has 2 aromatic rings. The van der Waals surface area contributed by atoms with Crippen LogP contribution in [0.15, 0.2) is 22.7 Å². The zero-order valence-corrected chi connectivity index (χ0v) is 15.3. The molecule has 1 saturated heterocycles. The van der Waals surface area contributed by atoms with Crippen molar-refractivity contribution >= 4 is 5.91 Å². The maximum absolute atomic E-state index is 12.6. The highest BCUT2D eigenvalue weighted by Gasteiger charge is 2.20. The molecule has 0 aromatic carbocycles. The first-order valence-electron chi connectivity index (χ1n) is 9.26. The van der Waals surface area contributed by atoms with Gasteiger partial charge in [0.1, 0.15) is 11.5 Å². The van der Waals surface area contributed by atoms with Crippen molar-refractivity contribution in [3.05, 3.63) is 29.7 Å². The molecule has 3 rings (SSSR count). The van der Waals surface area contributed by atoms with Crippen LogP contribution in [-0.2, 0) is 11.3 Å². The van der Waals surface area contributed by atoms with Gasteiger partial charge >= 0.3 is 0 Å². The van der Waals surface area contributed by atoms with Crippen LogP contribution in [0.5, 0.6) is 0 Å². The third-order valence-corrected chi connectivity index (χ3v) is 4.86. The molecule has 1 N–H and O–H groups in total. The van der Waals surface area contributed by atoms with Crippen LogP contribution in [0.25, 0.3) is 11.5 Å². The lowest BCUT2D eigenvalue weighted by Gasteiger charge is -2.25. The Morgan fingerprint density at radius 2 is 2.04 bits per heavy atom. The molecule has 3 heterocycles. The molecular weight excluding hydrogens is 316 g/mol. The molecule has 25 heavy (non-hydrogen) atoms. The summed E-state index contributed by atoms with van der Waals surface area (Å²) in [5.41, 5.74) is 1.95. The molecule has 2 aromatic heterocycles. The monoisotopic (exact) mass is 344 g/mol.